The van der Waals surface area contributed by atoms with E-state index < -0.39 is 11.8 Å². The highest BCUT2D eigenvalue weighted by molar-refractivity contribution is 6.38. The van der Waals surface area contributed by atoms with Crippen LogP contribution in [0.1, 0.15) is 16.1 Å². The number of halogens is 3. The molecule has 3 rings (SSSR count). The lowest BCUT2D eigenvalue weighted by molar-refractivity contribution is 0.0686. The molecule has 0 radical (unpaired) electrons. The van der Waals surface area contributed by atoms with Gasteiger partial charge in [0.05, 0.1) is 10.5 Å². The first-order chi connectivity index (χ1) is 10.5. The standard InChI is InChI=1S/C16H10Cl2FNO2/c17-10-3-1-9(2-4-10)8-20-13-6-5-11(19)7-12(13)14(18)15(20)16(21)22/h1-7H,8H2,(H,21,22). The van der Waals surface area contributed by atoms with Crippen molar-refractivity contribution in [2.75, 3.05) is 0 Å². The molecule has 0 aliphatic carbocycles. The van der Waals surface area contributed by atoms with Crippen LogP contribution < -0.4 is 0 Å². The van der Waals surface area contributed by atoms with E-state index in [9.17, 15) is 14.3 Å². The number of aromatic carboxylic acids is 1. The van der Waals surface area contributed by atoms with E-state index >= 15 is 0 Å². The summed E-state index contributed by atoms with van der Waals surface area (Å²) in [4.78, 5) is 11.5. The summed E-state index contributed by atoms with van der Waals surface area (Å²) in [6.07, 6.45) is 0. The van der Waals surface area contributed by atoms with E-state index in [1.807, 2.05) is 0 Å². The van der Waals surface area contributed by atoms with Crippen LogP contribution in [0.15, 0.2) is 42.5 Å². The molecule has 0 fully saturated rings. The van der Waals surface area contributed by atoms with Gasteiger partial charge in [-0.05, 0) is 35.9 Å². The van der Waals surface area contributed by atoms with Crippen molar-refractivity contribution in [3.8, 4) is 0 Å². The Morgan fingerprint density at radius 2 is 1.82 bits per heavy atom. The van der Waals surface area contributed by atoms with Crippen LogP contribution in [0.2, 0.25) is 10.0 Å². The molecule has 0 saturated heterocycles. The zero-order valence-corrected chi connectivity index (χ0v) is 12.7. The molecular formula is C16H10Cl2FNO2. The second kappa shape index (κ2) is 5.63. The summed E-state index contributed by atoms with van der Waals surface area (Å²) < 4.78 is 15.0. The van der Waals surface area contributed by atoms with Crippen molar-refractivity contribution in [1.29, 1.82) is 0 Å². The number of carboxylic acids is 1. The fourth-order valence-electron chi connectivity index (χ4n) is 2.43. The minimum atomic E-state index is -1.16. The normalized spacial score (nSPS) is 11.0. The highest BCUT2D eigenvalue weighted by Gasteiger charge is 2.21. The van der Waals surface area contributed by atoms with Crippen LogP contribution in [0.5, 0.6) is 0 Å². The molecule has 0 saturated carbocycles. The summed E-state index contributed by atoms with van der Waals surface area (Å²) in [5.41, 5.74) is 1.38. The predicted octanol–water partition coefficient (Wildman–Crippen LogP) is 4.83. The molecule has 3 aromatic rings. The first-order valence-corrected chi connectivity index (χ1v) is 7.18. The lowest BCUT2D eigenvalue weighted by atomic mass is 10.2. The molecule has 22 heavy (non-hydrogen) atoms. The van der Waals surface area contributed by atoms with Gasteiger partial charge in [0.25, 0.3) is 0 Å². The quantitative estimate of drug-likeness (QED) is 0.743. The molecule has 0 amide bonds. The van der Waals surface area contributed by atoms with Gasteiger partial charge in [-0.25, -0.2) is 9.18 Å². The lowest BCUT2D eigenvalue weighted by Gasteiger charge is -2.09. The van der Waals surface area contributed by atoms with E-state index in [0.29, 0.717) is 22.5 Å². The molecule has 0 spiro atoms. The van der Waals surface area contributed by atoms with Crippen LogP contribution in [-0.2, 0) is 6.54 Å². The molecule has 2 aromatic carbocycles. The van der Waals surface area contributed by atoms with Crippen LogP contribution >= 0.6 is 23.2 Å². The van der Waals surface area contributed by atoms with Gasteiger partial charge in [-0.2, -0.15) is 0 Å². The van der Waals surface area contributed by atoms with Crippen molar-refractivity contribution in [3.63, 3.8) is 0 Å². The number of carboxylic acid groups (broad SMARTS) is 1. The Morgan fingerprint density at radius 3 is 2.45 bits per heavy atom. The number of rotatable bonds is 3. The second-order valence-corrected chi connectivity index (χ2v) is 5.66. The third-order valence-corrected chi connectivity index (χ3v) is 4.05. The molecule has 112 valence electrons. The first-order valence-electron chi connectivity index (χ1n) is 6.42. The van der Waals surface area contributed by atoms with Crippen LogP contribution in [0.25, 0.3) is 10.9 Å². The van der Waals surface area contributed by atoms with Gasteiger partial charge < -0.3 is 9.67 Å². The SMILES string of the molecule is O=C(O)c1c(Cl)c2cc(F)ccc2n1Cc1ccc(Cl)cc1. The van der Waals surface area contributed by atoms with Crippen molar-refractivity contribution in [1.82, 2.24) is 4.57 Å². The number of hydrogen-bond acceptors (Lipinski definition) is 1. The Kier molecular flexibility index (Phi) is 3.81. The Morgan fingerprint density at radius 1 is 1.14 bits per heavy atom. The number of carbonyl (C=O) groups is 1. The van der Waals surface area contributed by atoms with Crippen LogP contribution in [0.4, 0.5) is 4.39 Å². The zero-order chi connectivity index (χ0) is 15.9. The molecule has 3 nitrogen and oxygen atoms in total. The smallest absolute Gasteiger partial charge is 0.354 e. The third-order valence-electron chi connectivity index (χ3n) is 3.42. The van der Waals surface area contributed by atoms with E-state index in [1.54, 1.807) is 28.8 Å². The van der Waals surface area contributed by atoms with E-state index in [-0.39, 0.29) is 10.7 Å². The molecule has 1 N–H and O–H groups in total. The summed E-state index contributed by atoms with van der Waals surface area (Å²) in [6.45, 7) is 0.299. The summed E-state index contributed by atoms with van der Waals surface area (Å²) >= 11 is 12.0. The third kappa shape index (κ3) is 2.56. The van der Waals surface area contributed by atoms with Gasteiger partial charge in [0.15, 0.2) is 0 Å². The molecule has 0 bridgehead atoms. The number of nitrogens with zero attached hydrogens (tertiary/aromatic N) is 1. The van der Waals surface area contributed by atoms with E-state index in [2.05, 4.69) is 0 Å². The highest BCUT2D eigenvalue weighted by atomic mass is 35.5. The average Bonchev–Trinajstić information content (AvgIpc) is 2.74. The van der Waals surface area contributed by atoms with Crippen molar-refractivity contribution in [2.24, 2.45) is 0 Å². The van der Waals surface area contributed by atoms with Crippen LogP contribution in [0, 0.1) is 5.82 Å². The molecule has 0 atom stereocenters. The largest absolute Gasteiger partial charge is 0.477 e. The van der Waals surface area contributed by atoms with Gasteiger partial charge >= 0.3 is 5.97 Å². The maximum atomic E-state index is 13.4. The fourth-order valence-corrected chi connectivity index (χ4v) is 2.89. The van der Waals surface area contributed by atoms with Gasteiger partial charge in [0, 0.05) is 17.0 Å². The van der Waals surface area contributed by atoms with Crippen LogP contribution in [-0.4, -0.2) is 15.6 Å². The van der Waals surface area contributed by atoms with Gasteiger partial charge in [-0.1, -0.05) is 35.3 Å². The van der Waals surface area contributed by atoms with Gasteiger partial charge in [0.2, 0.25) is 0 Å². The topological polar surface area (TPSA) is 42.2 Å². The summed E-state index contributed by atoms with van der Waals surface area (Å²) in [6, 6.07) is 11.1. The van der Waals surface area contributed by atoms with Crippen molar-refractivity contribution < 1.29 is 14.3 Å². The lowest BCUT2D eigenvalue weighted by Crippen LogP contribution is -2.09. The summed E-state index contributed by atoms with van der Waals surface area (Å²) in [5.74, 6) is -1.62. The van der Waals surface area contributed by atoms with Crippen molar-refractivity contribution in [3.05, 3.63) is 69.6 Å². The Balaban J connectivity index is 2.20. The zero-order valence-electron chi connectivity index (χ0n) is 11.2. The molecule has 0 unspecified atom stereocenters. The molecule has 0 aliphatic heterocycles. The maximum Gasteiger partial charge on any atom is 0.354 e. The number of fused-ring (bicyclic) bond motifs is 1. The number of aromatic nitrogens is 1. The average molecular weight is 338 g/mol. The molecular weight excluding hydrogens is 328 g/mol. The number of hydrogen-bond donors (Lipinski definition) is 1. The van der Waals surface area contributed by atoms with Crippen molar-refractivity contribution >= 4 is 40.1 Å². The summed E-state index contributed by atoms with van der Waals surface area (Å²) in [5, 5.41) is 10.4. The minimum absolute atomic E-state index is 0.0379. The van der Waals surface area contributed by atoms with Gasteiger partial charge in [-0.15, -0.1) is 0 Å². The summed E-state index contributed by atoms with van der Waals surface area (Å²) in [7, 11) is 0. The molecule has 0 aliphatic rings. The van der Waals surface area contributed by atoms with Gasteiger partial charge in [0.1, 0.15) is 11.5 Å². The maximum absolute atomic E-state index is 13.4. The fraction of sp³-hybridized carbons (Fsp3) is 0.0625. The first kappa shape index (κ1) is 14.9. The van der Waals surface area contributed by atoms with E-state index in [4.69, 9.17) is 23.2 Å². The predicted molar refractivity (Wildman–Crippen MR) is 84.4 cm³/mol. The Bertz CT molecular complexity index is 872. The monoisotopic (exact) mass is 337 g/mol. The second-order valence-electron chi connectivity index (χ2n) is 4.84. The van der Waals surface area contributed by atoms with Crippen LogP contribution in [0.3, 0.4) is 0 Å². The molecule has 1 aromatic heterocycles. The van der Waals surface area contributed by atoms with Crippen molar-refractivity contribution in [2.45, 2.75) is 6.54 Å². The highest BCUT2D eigenvalue weighted by Crippen LogP contribution is 2.32. The Hall–Kier alpha value is -2.04. The molecule has 6 heteroatoms. The van der Waals surface area contributed by atoms with E-state index in [0.717, 1.165) is 5.56 Å². The van der Waals surface area contributed by atoms with E-state index in [1.165, 1.54) is 18.2 Å². The minimum Gasteiger partial charge on any atom is -0.477 e. The Labute approximate surface area is 135 Å². The molecule has 1 heterocycles. The number of benzene rings is 2. The van der Waals surface area contributed by atoms with Gasteiger partial charge in [-0.3, -0.25) is 0 Å².